The van der Waals surface area contributed by atoms with Crippen molar-refractivity contribution in [1.82, 2.24) is 4.98 Å². The summed E-state index contributed by atoms with van der Waals surface area (Å²) in [6.07, 6.45) is 1.59. The van der Waals surface area contributed by atoms with Crippen LogP contribution in [0, 0.1) is 5.92 Å². The fraction of sp³-hybridized carbons (Fsp3) is 0.235. The largest absolute Gasteiger partial charge is 0.497 e. The van der Waals surface area contributed by atoms with Gasteiger partial charge in [-0.1, -0.05) is 0 Å². The van der Waals surface area contributed by atoms with Gasteiger partial charge in [0.05, 0.1) is 13.0 Å². The molecule has 3 rings (SSSR count). The van der Waals surface area contributed by atoms with Gasteiger partial charge < -0.3 is 19.9 Å². The van der Waals surface area contributed by atoms with Crippen LogP contribution in [0.1, 0.15) is 6.42 Å². The Labute approximate surface area is 152 Å². The first-order valence-corrected chi connectivity index (χ1v) is 8.40. The van der Waals surface area contributed by atoms with E-state index in [1.165, 1.54) is 12.3 Å². The van der Waals surface area contributed by atoms with Crippen LogP contribution in [0.4, 0.5) is 11.4 Å². The van der Waals surface area contributed by atoms with Crippen LogP contribution >= 0.6 is 15.9 Å². The van der Waals surface area contributed by atoms with Gasteiger partial charge in [-0.15, -0.1) is 0 Å². The maximum Gasteiger partial charge on any atom is 0.271 e. The zero-order valence-electron chi connectivity index (χ0n) is 13.4. The van der Waals surface area contributed by atoms with Gasteiger partial charge >= 0.3 is 0 Å². The molecule has 25 heavy (non-hydrogen) atoms. The van der Waals surface area contributed by atoms with E-state index in [4.69, 9.17) is 4.74 Å². The normalized spacial score (nSPS) is 16.8. The molecule has 8 heteroatoms. The van der Waals surface area contributed by atoms with Crippen molar-refractivity contribution in [2.45, 2.75) is 6.42 Å². The lowest BCUT2D eigenvalue weighted by Gasteiger charge is -2.17. The van der Waals surface area contributed by atoms with Crippen molar-refractivity contribution in [3.8, 4) is 5.75 Å². The van der Waals surface area contributed by atoms with Crippen LogP contribution in [-0.2, 0) is 9.59 Å². The van der Waals surface area contributed by atoms with Crippen LogP contribution in [0.25, 0.3) is 0 Å². The van der Waals surface area contributed by atoms with E-state index in [-0.39, 0.29) is 30.5 Å². The molecule has 0 aliphatic carbocycles. The molecule has 2 N–H and O–H groups in total. The molecule has 0 spiro atoms. The first kappa shape index (κ1) is 17.2. The van der Waals surface area contributed by atoms with Crippen molar-refractivity contribution in [2.75, 3.05) is 23.9 Å². The number of pyridine rings is 1. The van der Waals surface area contributed by atoms with Gasteiger partial charge in [-0.2, -0.15) is 0 Å². The zero-order valence-corrected chi connectivity index (χ0v) is 15.0. The highest BCUT2D eigenvalue weighted by atomic mass is 79.9. The summed E-state index contributed by atoms with van der Waals surface area (Å²) in [6, 6.07) is 8.59. The Morgan fingerprint density at radius 3 is 2.72 bits per heavy atom. The first-order valence-electron chi connectivity index (χ1n) is 7.61. The number of amides is 2. The molecule has 2 aromatic rings. The van der Waals surface area contributed by atoms with Gasteiger partial charge in [0.15, 0.2) is 0 Å². The Morgan fingerprint density at radius 1 is 1.32 bits per heavy atom. The van der Waals surface area contributed by atoms with E-state index >= 15 is 0 Å². The SMILES string of the molecule is COc1ccc(N2CC(C(=O)Nc3cc(Br)c[nH]c3=O)CC2=O)cc1. The third-order valence-corrected chi connectivity index (χ3v) is 4.46. The molecule has 1 aromatic carbocycles. The van der Waals surface area contributed by atoms with E-state index in [2.05, 4.69) is 26.2 Å². The number of nitrogens with one attached hydrogen (secondary N) is 2. The van der Waals surface area contributed by atoms with Gasteiger partial charge in [0.2, 0.25) is 11.8 Å². The van der Waals surface area contributed by atoms with E-state index in [1.54, 1.807) is 36.3 Å². The van der Waals surface area contributed by atoms with E-state index in [9.17, 15) is 14.4 Å². The zero-order chi connectivity index (χ0) is 18.0. The molecule has 1 saturated heterocycles. The summed E-state index contributed by atoms with van der Waals surface area (Å²) >= 11 is 3.24. The van der Waals surface area contributed by atoms with E-state index in [0.29, 0.717) is 15.9 Å². The maximum absolute atomic E-state index is 12.4. The Hall–Kier alpha value is -2.61. The van der Waals surface area contributed by atoms with Gasteiger partial charge in [-0.25, -0.2) is 0 Å². The summed E-state index contributed by atoms with van der Waals surface area (Å²) in [5.74, 6) is -0.312. The number of carbonyl (C=O) groups is 2. The summed E-state index contributed by atoms with van der Waals surface area (Å²) in [6.45, 7) is 0.267. The Balaban J connectivity index is 1.72. The molecule has 130 valence electrons. The molecule has 0 bridgehead atoms. The molecule has 1 atom stereocenters. The fourth-order valence-electron chi connectivity index (χ4n) is 2.68. The number of aromatic nitrogens is 1. The summed E-state index contributed by atoms with van der Waals surface area (Å²) in [7, 11) is 1.57. The van der Waals surface area contributed by atoms with Crippen molar-refractivity contribution < 1.29 is 14.3 Å². The third kappa shape index (κ3) is 3.74. The topological polar surface area (TPSA) is 91.5 Å². The number of halogens is 1. The summed E-state index contributed by atoms with van der Waals surface area (Å²) in [5, 5.41) is 2.59. The van der Waals surface area contributed by atoms with Gasteiger partial charge in [-0.3, -0.25) is 14.4 Å². The molecule has 1 fully saturated rings. The molecule has 1 aliphatic rings. The number of carbonyl (C=O) groups excluding carboxylic acids is 2. The number of hydrogen-bond donors (Lipinski definition) is 2. The molecule has 2 heterocycles. The Kier molecular flexibility index (Phi) is 4.89. The number of ether oxygens (including phenoxy) is 1. The second-order valence-electron chi connectivity index (χ2n) is 5.65. The minimum absolute atomic E-state index is 0.101. The van der Waals surface area contributed by atoms with Gasteiger partial charge in [-0.05, 0) is 46.3 Å². The quantitative estimate of drug-likeness (QED) is 0.814. The van der Waals surface area contributed by atoms with Crippen molar-refractivity contribution in [3.05, 3.63) is 51.4 Å². The minimum Gasteiger partial charge on any atom is -0.497 e. The number of anilines is 2. The summed E-state index contributed by atoms with van der Waals surface area (Å²) in [4.78, 5) is 40.5. The van der Waals surface area contributed by atoms with Gasteiger partial charge in [0.1, 0.15) is 11.4 Å². The number of aromatic amines is 1. The van der Waals surface area contributed by atoms with Crippen molar-refractivity contribution in [1.29, 1.82) is 0 Å². The lowest BCUT2D eigenvalue weighted by molar-refractivity contribution is -0.122. The number of methoxy groups -OCH3 is 1. The van der Waals surface area contributed by atoms with Gasteiger partial charge in [0, 0.05) is 29.3 Å². The third-order valence-electron chi connectivity index (χ3n) is 4.01. The maximum atomic E-state index is 12.4. The standard InChI is InChI=1S/C17H16BrN3O4/c1-25-13-4-2-12(3-5-13)21-9-10(6-15(21)22)16(23)20-14-7-11(18)8-19-17(14)24/h2-5,7-8,10H,6,9H2,1H3,(H,19,24)(H,20,23). The number of benzene rings is 1. The lowest BCUT2D eigenvalue weighted by atomic mass is 10.1. The molecule has 1 aliphatic heterocycles. The predicted molar refractivity (Wildman–Crippen MR) is 96.8 cm³/mol. The fourth-order valence-corrected chi connectivity index (χ4v) is 3.02. The van der Waals surface area contributed by atoms with Crippen LogP contribution < -0.4 is 20.5 Å². The summed E-state index contributed by atoms with van der Waals surface area (Å²) < 4.78 is 5.74. The van der Waals surface area contributed by atoms with Crippen LogP contribution in [-0.4, -0.2) is 30.5 Å². The molecule has 1 aromatic heterocycles. The number of rotatable bonds is 4. The molecule has 1 unspecified atom stereocenters. The lowest BCUT2D eigenvalue weighted by Crippen LogP contribution is -2.29. The molecular formula is C17H16BrN3O4. The van der Waals surface area contributed by atoms with E-state index < -0.39 is 11.5 Å². The molecule has 7 nitrogen and oxygen atoms in total. The molecular weight excluding hydrogens is 390 g/mol. The smallest absolute Gasteiger partial charge is 0.271 e. The Bertz CT molecular complexity index is 863. The molecule has 0 radical (unpaired) electrons. The van der Waals surface area contributed by atoms with E-state index in [0.717, 1.165) is 0 Å². The van der Waals surface area contributed by atoms with Crippen LogP contribution in [0.5, 0.6) is 5.75 Å². The van der Waals surface area contributed by atoms with Crippen LogP contribution in [0.3, 0.4) is 0 Å². The predicted octanol–water partition coefficient (Wildman–Crippen LogP) is 2.14. The average Bonchev–Trinajstić information content (AvgIpc) is 3.00. The molecule has 0 saturated carbocycles. The first-order chi connectivity index (χ1) is 12.0. The van der Waals surface area contributed by atoms with E-state index in [1.807, 2.05) is 0 Å². The van der Waals surface area contributed by atoms with Gasteiger partial charge in [0.25, 0.3) is 5.56 Å². The van der Waals surface area contributed by atoms with Crippen molar-refractivity contribution >= 4 is 39.1 Å². The molecule has 2 amide bonds. The highest BCUT2D eigenvalue weighted by molar-refractivity contribution is 9.10. The van der Waals surface area contributed by atoms with Crippen LogP contribution in [0.2, 0.25) is 0 Å². The number of nitrogens with zero attached hydrogens (tertiary/aromatic N) is 1. The Morgan fingerprint density at radius 2 is 2.04 bits per heavy atom. The minimum atomic E-state index is -0.520. The highest BCUT2D eigenvalue weighted by Crippen LogP contribution is 2.27. The average molecular weight is 406 g/mol. The van der Waals surface area contributed by atoms with Crippen molar-refractivity contribution in [3.63, 3.8) is 0 Å². The van der Waals surface area contributed by atoms with Crippen LogP contribution in [0.15, 0.2) is 45.8 Å². The second-order valence-corrected chi connectivity index (χ2v) is 6.57. The van der Waals surface area contributed by atoms with Crippen molar-refractivity contribution in [2.24, 2.45) is 5.92 Å². The number of hydrogen-bond acceptors (Lipinski definition) is 4. The highest BCUT2D eigenvalue weighted by Gasteiger charge is 2.35. The summed E-state index contributed by atoms with van der Waals surface area (Å²) in [5.41, 5.74) is 0.462. The second kappa shape index (κ2) is 7.10. The number of H-pyrrole nitrogens is 1. The monoisotopic (exact) mass is 405 g/mol.